The highest BCUT2D eigenvalue weighted by molar-refractivity contribution is 5.90. The number of hydrogen-bond acceptors (Lipinski definition) is 3. The highest BCUT2D eigenvalue weighted by Gasteiger charge is 2.62. The first-order valence-electron chi connectivity index (χ1n) is 16.1. The Labute approximate surface area is 255 Å². The van der Waals surface area contributed by atoms with E-state index in [1.807, 2.05) is 47.4 Å². The van der Waals surface area contributed by atoms with E-state index < -0.39 is 5.60 Å². The van der Waals surface area contributed by atoms with Crippen LogP contribution >= 0.6 is 0 Å². The molecule has 0 aromatic heterocycles. The van der Waals surface area contributed by atoms with Crippen LogP contribution in [0.1, 0.15) is 64.4 Å². The zero-order valence-electron chi connectivity index (χ0n) is 25.4. The third-order valence-electron chi connectivity index (χ3n) is 11.9. The summed E-state index contributed by atoms with van der Waals surface area (Å²) in [7, 11) is 0. The number of rotatable bonds is 5. The third kappa shape index (κ3) is 4.72. The van der Waals surface area contributed by atoms with E-state index in [9.17, 15) is 15.0 Å². The summed E-state index contributed by atoms with van der Waals surface area (Å²) in [5.74, 6) is 0.753. The molecule has 3 N–H and O–H groups in total. The molecule has 2 amide bonds. The van der Waals surface area contributed by atoms with Crippen LogP contribution in [0.15, 0.2) is 96.1 Å². The topological polar surface area (TPSA) is 72.8 Å². The number of aliphatic hydroxyl groups excluding tert-OH is 1. The summed E-state index contributed by atoms with van der Waals surface area (Å²) in [4.78, 5) is 15.8. The molecule has 6 atom stereocenters. The molecule has 3 fully saturated rings. The number of fused-ring (bicyclic) bond motifs is 6. The number of para-hydroxylation sites is 1. The molecule has 0 aliphatic heterocycles. The van der Waals surface area contributed by atoms with Gasteiger partial charge in [0, 0.05) is 17.6 Å². The Hall–Kier alpha value is -3.41. The minimum Gasteiger partial charge on any atom is -0.393 e. The van der Waals surface area contributed by atoms with Crippen molar-refractivity contribution in [1.29, 1.82) is 0 Å². The van der Waals surface area contributed by atoms with E-state index in [0.717, 1.165) is 60.5 Å². The van der Waals surface area contributed by atoms with E-state index in [0.29, 0.717) is 18.9 Å². The second kappa shape index (κ2) is 10.6. The molecule has 224 valence electrons. The lowest BCUT2D eigenvalue weighted by Gasteiger charge is -2.56. The zero-order valence-corrected chi connectivity index (χ0v) is 25.4. The van der Waals surface area contributed by atoms with Gasteiger partial charge in [-0.3, -0.25) is 0 Å². The van der Waals surface area contributed by atoms with Gasteiger partial charge in [0.05, 0.1) is 18.2 Å². The Morgan fingerprint density at radius 3 is 2.47 bits per heavy atom. The molecule has 0 saturated heterocycles. The van der Waals surface area contributed by atoms with Crippen LogP contribution in [0, 0.1) is 22.7 Å². The van der Waals surface area contributed by atoms with Crippen LogP contribution in [0.5, 0.6) is 0 Å². The average Bonchev–Trinajstić information content (AvgIpc) is 3.28. The predicted octanol–water partition coefficient (Wildman–Crippen LogP) is 7.85. The van der Waals surface area contributed by atoms with Gasteiger partial charge in [-0.15, -0.1) is 0 Å². The van der Waals surface area contributed by atoms with Crippen molar-refractivity contribution in [2.75, 3.05) is 11.9 Å². The highest BCUT2D eigenvalue weighted by Crippen LogP contribution is 2.66. The van der Waals surface area contributed by atoms with Crippen molar-refractivity contribution in [3.63, 3.8) is 0 Å². The molecule has 3 aromatic rings. The maximum Gasteiger partial charge on any atom is 0.322 e. The quantitative estimate of drug-likeness (QED) is 0.290. The summed E-state index contributed by atoms with van der Waals surface area (Å²) < 4.78 is 0. The fourth-order valence-electron chi connectivity index (χ4n) is 9.23. The van der Waals surface area contributed by atoms with Crippen LogP contribution in [-0.4, -0.2) is 39.4 Å². The van der Waals surface area contributed by atoms with Gasteiger partial charge in [-0.1, -0.05) is 97.8 Å². The lowest BCUT2D eigenvalue weighted by atomic mass is 9.50. The molecule has 3 saturated carbocycles. The number of hydrogen-bond donors (Lipinski definition) is 3. The maximum absolute atomic E-state index is 14.0. The van der Waals surface area contributed by atoms with E-state index in [2.05, 4.69) is 61.6 Å². The van der Waals surface area contributed by atoms with Gasteiger partial charge in [-0.05, 0) is 90.7 Å². The molecule has 0 unspecified atom stereocenters. The van der Waals surface area contributed by atoms with Gasteiger partial charge in [0.25, 0.3) is 0 Å². The molecule has 0 bridgehead atoms. The summed E-state index contributed by atoms with van der Waals surface area (Å²) in [5, 5.41) is 28.4. The van der Waals surface area contributed by atoms with Crippen LogP contribution in [-0.2, 0) is 6.54 Å². The molecular formula is C38H44N2O3. The number of anilines is 1. The molecule has 0 spiro atoms. The second-order valence-corrected chi connectivity index (χ2v) is 14.1. The highest BCUT2D eigenvalue weighted by atomic mass is 16.3. The first-order chi connectivity index (χ1) is 20.7. The second-order valence-electron chi connectivity index (χ2n) is 14.1. The van der Waals surface area contributed by atoms with Crippen molar-refractivity contribution in [2.24, 2.45) is 22.7 Å². The molecule has 7 rings (SSSR count). The van der Waals surface area contributed by atoms with Gasteiger partial charge in [0.15, 0.2) is 0 Å². The summed E-state index contributed by atoms with van der Waals surface area (Å²) in [6.45, 7) is 5.39. The summed E-state index contributed by atoms with van der Waals surface area (Å²) >= 11 is 0. The lowest BCUT2D eigenvalue weighted by Crippen LogP contribution is -2.57. The molecule has 4 aliphatic rings. The SMILES string of the molecule is C[C@]12CC[C@H](O)CC1=CC=C1[C@@H]2CC[C@@]2(C)[C@H]1CC[C@@]2(O)CN(Cc1cccc2ccccc12)C(=O)Nc1ccccc1. The first kappa shape index (κ1) is 28.4. The Morgan fingerprint density at radius 1 is 0.884 bits per heavy atom. The Morgan fingerprint density at radius 2 is 1.63 bits per heavy atom. The van der Waals surface area contributed by atoms with E-state index in [-0.39, 0.29) is 35.4 Å². The van der Waals surface area contributed by atoms with Gasteiger partial charge in [-0.2, -0.15) is 0 Å². The minimum atomic E-state index is -1.00. The standard InChI is InChI=1S/C38H44N2O3/c1-36-20-17-30(41)23-28(36)15-16-32-33(36)18-21-37(2)34(32)19-22-38(37,43)25-40(35(42)39-29-12-4-3-5-13-29)24-27-11-8-10-26-9-6-7-14-31(26)27/h3-16,30,33-34,41,43H,17-25H2,1-2H3,(H,39,42)/t30-,33-,34-,36-,37-,38+/m0/s1. The maximum atomic E-state index is 14.0. The van der Waals surface area contributed by atoms with Crippen LogP contribution in [0.4, 0.5) is 10.5 Å². The van der Waals surface area contributed by atoms with Gasteiger partial charge in [0.1, 0.15) is 0 Å². The number of benzene rings is 3. The van der Waals surface area contributed by atoms with Gasteiger partial charge in [0.2, 0.25) is 0 Å². The first-order valence-corrected chi connectivity index (χ1v) is 16.1. The van der Waals surface area contributed by atoms with Crippen molar-refractivity contribution in [1.82, 2.24) is 4.90 Å². The molecular weight excluding hydrogens is 532 g/mol. The number of amides is 2. The number of nitrogens with one attached hydrogen (secondary N) is 1. The molecule has 0 heterocycles. The van der Waals surface area contributed by atoms with E-state index in [1.54, 1.807) is 0 Å². The fraction of sp³-hybridized carbons (Fsp3) is 0.447. The largest absolute Gasteiger partial charge is 0.393 e. The minimum absolute atomic E-state index is 0.0985. The van der Waals surface area contributed by atoms with E-state index >= 15 is 0 Å². The average molecular weight is 577 g/mol. The predicted molar refractivity (Wildman–Crippen MR) is 172 cm³/mol. The normalized spacial score (nSPS) is 33.1. The number of nitrogens with zero attached hydrogens (tertiary/aromatic N) is 1. The van der Waals surface area contributed by atoms with Crippen LogP contribution in [0.3, 0.4) is 0 Å². The Balaban J connectivity index is 1.20. The van der Waals surface area contributed by atoms with Gasteiger partial charge >= 0.3 is 6.03 Å². The molecule has 0 radical (unpaired) electrons. The summed E-state index contributed by atoms with van der Waals surface area (Å²) in [6, 6.07) is 23.9. The molecule has 3 aromatic carbocycles. The van der Waals surface area contributed by atoms with E-state index in [1.165, 1.54) is 11.1 Å². The van der Waals surface area contributed by atoms with Gasteiger partial charge in [-0.25, -0.2) is 4.79 Å². The monoisotopic (exact) mass is 576 g/mol. The number of carbonyl (C=O) groups is 1. The van der Waals surface area contributed by atoms with Crippen LogP contribution in [0.25, 0.3) is 10.8 Å². The van der Waals surface area contributed by atoms with Crippen molar-refractivity contribution in [3.05, 3.63) is 102 Å². The molecule has 5 nitrogen and oxygen atoms in total. The van der Waals surface area contributed by atoms with Crippen molar-refractivity contribution < 1.29 is 15.0 Å². The smallest absolute Gasteiger partial charge is 0.322 e. The summed E-state index contributed by atoms with van der Waals surface area (Å²) in [5.41, 5.74) is 3.48. The Kier molecular flexibility index (Phi) is 7.02. The fourth-order valence-corrected chi connectivity index (χ4v) is 9.23. The van der Waals surface area contributed by atoms with E-state index in [4.69, 9.17) is 0 Å². The molecule has 4 aliphatic carbocycles. The van der Waals surface area contributed by atoms with Crippen molar-refractivity contribution in [2.45, 2.75) is 77.0 Å². The lowest BCUT2D eigenvalue weighted by molar-refractivity contribution is -0.0966. The summed E-state index contributed by atoms with van der Waals surface area (Å²) in [6.07, 6.45) is 10.6. The Bertz CT molecular complexity index is 1590. The zero-order chi connectivity index (χ0) is 29.8. The number of aliphatic hydroxyl groups is 2. The van der Waals surface area contributed by atoms with Crippen LogP contribution in [0.2, 0.25) is 0 Å². The third-order valence-corrected chi connectivity index (χ3v) is 11.9. The van der Waals surface area contributed by atoms with Crippen molar-refractivity contribution >= 4 is 22.5 Å². The number of allylic oxidation sites excluding steroid dienone is 3. The van der Waals surface area contributed by atoms with Crippen LogP contribution < -0.4 is 5.32 Å². The number of urea groups is 1. The van der Waals surface area contributed by atoms with Crippen molar-refractivity contribution in [3.8, 4) is 0 Å². The molecule has 5 heteroatoms. The van der Waals surface area contributed by atoms with Gasteiger partial charge < -0.3 is 20.4 Å². The molecule has 43 heavy (non-hydrogen) atoms. The number of carbonyl (C=O) groups excluding carboxylic acids is 1.